The first kappa shape index (κ1) is 7.20. The monoisotopic (exact) mass is 152 g/mol. The van der Waals surface area contributed by atoms with Crippen LogP contribution in [-0.4, -0.2) is 6.61 Å². The molecule has 11 heavy (non-hydrogen) atoms. The molecule has 1 heterocycles. The molecule has 0 unspecified atom stereocenters. The van der Waals surface area contributed by atoms with Gasteiger partial charge in [-0.3, -0.25) is 0 Å². The van der Waals surface area contributed by atoms with Crippen molar-refractivity contribution in [3.8, 4) is 0 Å². The molecular weight excluding hydrogens is 136 g/mol. The average molecular weight is 152 g/mol. The fraction of sp³-hybridized carbons (Fsp3) is 0.800. The number of hydrogen-bond acceptors (Lipinski definition) is 1. The van der Waals surface area contributed by atoms with Crippen LogP contribution in [0.2, 0.25) is 0 Å². The minimum atomic E-state index is 0.971. The molecule has 0 amide bonds. The fourth-order valence-electron chi connectivity index (χ4n) is 2.01. The van der Waals surface area contributed by atoms with Gasteiger partial charge in [0.05, 0.1) is 12.4 Å². The van der Waals surface area contributed by atoms with Gasteiger partial charge in [0.25, 0.3) is 0 Å². The Morgan fingerprint density at radius 3 is 2.45 bits per heavy atom. The Labute approximate surface area is 68.4 Å². The fourth-order valence-corrected chi connectivity index (χ4v) is 2.01. The van der Waals surface area contributed by atoms with Gasteiger partial charge in [-0.25, -0.2) is 0 Å². The molecule has 0 atom stereocenters. The first-order valence-corrected chi connectivity index (χ1v) is 4.80. The molecule has 2 rings (SSSR count). The molecule has 0 aromatic carbocycles. The number of rotatable bonds is 0. The van der Waals surface area contributed by atoms with Gasteiger partial charge < -0.3 is 4.74 Å². The molecule has 0 spiro atoms. The molecule has 0 saturated carbocycles. The van der Waals surface area contributed by atoms with Crippen LogP contribution in [0.15, 0.2) is 11.3 Å². The summed E-state index contributed by atoms with van der Waals surface area (Å²) in [5, 5.41) is 0. The Morgan fingerprint density at radius 1 is 0.818 bits per heavy atom. The third kappa shape index (κ3) is 1.58. The van der Waals surface area contributed by atoms with Crippen molar-refractivity contribution in [1.29, 1.82) is 0 Å². The van der Waals surface area contributed by atoms with Gasteiger partial charge >= 0.3 is 0 Å². The lowest BCUT2D eigenvalue weighted by Crippen LogP contribution is -2.01. The van der Waals surface area contributed by atoms with Gasteiger partial charge in [0.1, 0.15) is 0 Å². The molecule has 0 radical (unpaired) electrons. The summed E-state index contributed by atoms with van der Waals surface area (Å²) in [6.45, 7) is 0.971. The van der Waals surface area contributed by atoms with E-state index < -0.39 is 0 Å². The summed E-state index contributed by atoms with van der Waals surface area (Å²) in [5.41, 5.74) is 1.63. The number of hydrogen-bond donors (Lipinski definition) is 0. The molecule has 1 nitrogen and oxygen atoms in total. The van der Waals surface area contributed by atoms with E-state index >= 15 is 0 Å². The quantitative estimate of drug-likeness (QED) is 0.518. The predicted molar refractivity (Wildman–Crippen MR) is 45.3 cm³/mol. The third-order valence-corrected chi connectivity index (χ3v) is 2.68. The lowest BCUT2D eigenvalue weighted by molar-refractivity contribution is 0.195. The van der Waals surface area contributed by atoms with Gasteiger partial charge in [-0.15, -0.1) is 0 Å². The summed E-state index contributed by atoms with van der Waals surface area (Å²) in [7, 11) is 0. The zero-order valence-corrected chi connectivity index (χ0v) is 7.07. The van der Waals surface area contributed by atoms with Crippen LogP contribution in [0, 0.1) is 0 Å². The standard InChI is InChI=1S/C10H16O/c1-2-7-10-9(5-1)6-3-4-8-11-10/h1-8H2. The highest BCUT2D eigenvalue weighted by atomic mass is 16.5. The summed E-state index contributed by atoms with van der Waals surface area (Å²) in [6, 6.07) is 0. The molecule has 1 aliphatic carbocycles. The van der Waals surface area contributed by atoms with Crippen LogP contribution in [0.25, 0.3) is 0 Å². The summed E-state index contributed by atoms with van der Waals surface area (Å²) in [6.07, 6.45) is 9.19. The molecular formula is C10H16O. The Hall–Kier alpha value is -0.460. The first-order valence-electron chi connectivity index (χ1n) is 4.80. The van der Waals surface area contributed by atoms with E-state index in [0.717, 1.165) is 6.61 Å². The van der Waals surface area contributed by atoms with Crippen molar-refractivity contribution in [2.75, 3.05) is 6.61 Å². The highest BCUT2D eigenvalue weighted by Gasteiger charge is 2.15. The van der Waals surface area contributed by atoms with Crippen molar-refractivity contribution in [1.82, 2.24) is 0 Å². The molecule has 1 aliphatic heterocycles. The molecule has 62 valence electrons. The highest BCUT2D eigenvalue weighted by Crippen LogP contribution is 2.30. The van der Waals surface area contributed by atoms with E-state index in [1.807, 2.05) is 0 Å². The maximum Gasteiger partial charge on any atom is 0.0951 e. The number of ether oxygens (including phenoxy) is 1. The normalized spacial score (nSPS) is 25.5. The van der Waals surface area contributed by atoms with E-state index in [0.29, 0.717) is 0 Å². The SMILES string of the molecule is C1CCC2=C(CCCC2)OC1. The smallest absolute Gasteiger partial charge is 0.0951 e. The lowest BCUT2D eigenvalue weighted by Gasteiger charge is -2.17. The maximum absolute atomic E-state index is 5.69. The van der Waals surface area contributed by atoms with Gasteiger partial charge in [-0.2, -0.15) is 0 Å². The Kier molecular flexibility index (Phi) is 2.16. The van der Waals surface area contributed by atoms with Crippen molar-refractivity contribution in [2.45, 2.75) is 44.9 Å². The maximum atomic E-state index is 5.69. The van der Waals surface area contributed by atoms with Gasteiger partial charge in [-0.1, -0.05) is 0 Å². The van der Waals surface area contributed by atoms with Crippen LogP contribution in [0.5, 0.6) is 0 Å². The van der Waals surface area contributed by atoms with Crippen molar-refractivity contribution >= 4 is 0 Å². The van der Waals surface area contributed by atoms with Gasteiger partial charge in [0.2, 0.25) is 0 Å². The average Bonchev–Trinajstić information content (AvgIpc) is 2.28. The van der Waals surface area contributed by atoms with Crippen LogP contribution in [-0.2, 0) is 4.74 Å². The molecule has 1 heteroatoms. The molecule has 0 aromatic heterocycles. The zero-order chi connectivity index (χ0) is 7.52. The first-order chi connectivity index (χ1) is 5.47. The Bertz CT molecular complexity index is 152. The molecule has 0 fully saturated rings. The second-order valence-electron chi connectivity index (χ2n) is 3.54. The predicted octanol–water partition coefficient (Wildman–Crippen LogP) is 3.02. The summed E-state index contributed by atoms with van der Waals surface area (Å²) >= 11 is 0. The van der Waals surface area contributed by atoms with Crippen LogP contribution >= 0.6 is 0 Å². The summed E-state index contributed by atoms with van der Waals surface area (Å²) in [4.78, 5) is 0. The van der Waals surface area contributed by atoms with Gasteiger partial charge in [0, 0.05) is 6.42 Å². The minimum absolute atomic E-state index is 0.971. The van der Waals surface area contributed by atoms with Crippen molar-refractivity contribution < 1.29 is 4.74 Å². The van der Waals surface area contributed by atoms with Crippen molar-refractivity contribution in [2.24, 2.45) is 0 Å². The van der Waals surface area contributed by atoms with Crippen LogP contribution < -0.4 is 0 Å². The van der Waals surface area contributed by atoms with E-state index in [4.69, 9.17) is 4.74 Å². The van der Waals surface area contributed by atoms with Crippen LogP contribution in [0.1, 0.15) is 44.9 Å². The van der Waals surface area contributed by atoms with Crippen LogP contribution in [0.3, 0.4) is 0 Å². The van der Waals surface area contributed by atoms with E-state index in [9.17, 15) is 0 Å². The van der Waals surface area contributed by atoms with Crippen molar-refractivity contribution in [3.63, 3.8) is 0 Å². The molecule has 0 bridgehead atoms. The second kappa shape index (κ2) is 3.29. The zero-order valence-electron chi connectivity index (χ0n) is 7.07. The Morgan fingerprint density at radius 2 is 1.55 bits per heavy atom. The van der Waals surface area contributed by atoms with Crippen molar-refractivity contribution in [3.05, 3.63) is 11.3 Å². The highest BCUT2D eigenvalue weighted by molar-refractivity contribution is 5.12. The van der Waals surface area contributed by atoms with E-state index in [1.165, 1.54) is 50.7 Å². The van der Waals surface area contributed by atoms with E-state index in [-0.39, 0.29) is 0 Å². The molecule has 2 aliphatic rings. The van der Waals surface area contributed by atoms with Gasteiger partial charge in [-0.05, 0) is 44.1 Å². The number of allylic oxidation sites excluding steroid dienone is 2. The summed E-state index contributed by atoms with van der Waals surface area (Å²) < 4.78 is 5.69. The summed E-state index contributed by atoms with van der Waals surface area (Å²) in [5.74, 6) is 1.36. The lowest BCUT2D eigenvalue weighted by atomic mass is 9.94. The van der Waals surface area contributed by atoms with Crippen LogP contribution in [0.4, 0.5) is 0 Å². The van der Waals surface area contributed by atoms with Gasteiger partial charge in [0.15, 0.2) is 0 Å². The molecule has 0 N–H and O–H groups in total. The van der Waals surface area contributed by atoms with E-state index in [1.54, 1.807) is 5.57 Å². The second-order valence-corrected chi connectivity index (χ2v) is 3.54. The molecule has 0 aromatic rings. The topological polar surface area (TPSA) is 9.23 Å². The molecule has 0 saturated heterocycles. The minimum Gasteiger partial charge on any atom is -0.498 e. The van der Waals surface area contributed by atoms with E-state index in [2.05, 4.69) is 0 Å². The third-order valence-electron chi connectivity index (χ3n) is 2.68. The largest absolute Gasteiger partial charge is 0.498 e. The Balaban J connectivity index is 2.10.